The minimum atomic E-state index is -0.998. The van der Waals surface area contributed by atoms with E-state index in [-0.39, 0.29) is 17.9 Å². The molecule has 1 unspecified atom stereocenters. The van der Waals surface area contributed by atoms with Crippen molar-refractivity contribution >= 4 is 11.9 Å². The lowest BCUT2D eigenvalue weighted by Crippen LogP contribution is -2.31. The number of hydrogen-bond donors (Lipinski definition) is 1. The van der Waals surface area contributed by atoms with Crippen molar-refractivity contribution in [3.05, 3.63) is 71.3 Å². The average Bonchev–Trinajstić information content (AvgIpc) is 3.12. The predicted octanol–water partition coefficient (Wildman–Crippen LogP) is 2.99. The maximum absolute atomic E-state index is 12.5. The molecule has 1 N–H and O–H groups in total. The Balaban J connectivity index is 1.48. The van der Waals surface area contributed by atoms with Gasteiger partial charge >= 0.3 is 5.97 Å². The summed E-state index contributed by atoms with van der Waals surface area (Å²) in [6, 6.07) is 16.7. The molecule has 1 aliphatic rings. The summed E-state index contributed by atoms with van der Waals surface area (Å²) in [6.07, 6.45) is 1.04. The van der Waals surface area contributed by atoms with E-state index in [0.29, 0.717) is 37.8 Å². The lowest BCUT2D eigenvalue weighted by Gasteiger charge is -2.17. The lowest BCUT2D eigenvalue weighted by atomic mass is 10.0. The molecule has 2 aromatic carbocycles. The molecule has 1 heterocycles. The van der Waals surface area contributed by atoms with E-state index in [2.05, 4.69) is 0 Å². The van der Waals surface area contributed by atoms with Crippen molar-refractivity contribution in [1.29, 1.82) is 0 Å². The molecule has 1 amide bonds. The summed E-state index contributed by atoms with van der Waals surface area (Å²) >= 11 is 0. The fraction of sp³-hybridized carbons (Fsp3) is 0.333. The van der Waals surface area contributed by atoms with Crippen LogP contribution in [0.15, 0.2) is 54.6 Å². The third-order valence-electron chi connectivity index (χ3n) is 4.69. The summed E-state index contributed by atoms with van der Waals surface area (Å²) in [6.45, 7) is 2.58. The van der Waals surface area contributed by atoms with Crippen LogP contribution in [0.25, 0.3) is 0 Å². The highest BCUT2D eigenvalue weighted by atomic mass is 16.5. The Morgan fingerprint density at radius 3 is 2.58 bits per heavy atom. The number of rotatable bonds is 7. The second-order valence-corrected chi connectivity index (χ2v) is 6.63. The van der Waals surface area contributed by atoms with E-state index in [1.54, 1.807) is 18.2 Å². The van der Waals surface area contributed by atoms with Crippen molar-refractivity contribution in [2.75, 3.05) is 19.7 Å². The first-order valence-corrected chi connectivity index (χ1v) is 8.84. The Labute approximate surface area is 153 Å². The van der Waals surface area contributed by atoms with Crippen LogP contribution in [0.5, 0.6) is 0 Å². The third kappa shape index (κ3) is 4.70. The Hall–Kier alpha value is -2.66. The van der Waals surface area contributed by atoms with E-state index in [4.69, 9.17) is 4.74 Å². The van der Waals surface area contributed by atoms with E-state index in [1.807, 2.05) is 35.2 Å². The highest BCUT2D eigenvalue weighted by Crippen LogP contribution is 2.19. The van der Waals surface area contributed by atoms with E-state index < -0.39 is 5.97 Å². The van der Waals surface area contributed by atoms with Gasteiger partial charge in [0, 0.05) is 19.0 Å². The van der Waals surface area contributed by atoms with Crippen LogP contribution in [-0.2, 0) is 22.6 Å². The van der Waals surface area contributed by atoms with Gasteiger partial charge in [-0.15, -0.1) is 0 Å². The summed E-state index contributed by atoms with van der Waals surface area (Å²) in [5, 5.41) is 9.24. The lowest BCUT2D eigenvalue weighted by molar-refractivity contribution is -0.129. The van der Waals surface area contributed by atoms with Gasteiger partial charge in [0.2, 0.25) is 5.91 Å². The maximum Gasteiger partial charge on any atom is 0.335 e. The Bertz CT molecular complexity index is 760. The molecule has 5 nitrogen and oxygen atoms in total. The zero-order valence-corrected chi connectivity index (χ0v) is 14.6. The summed E-state index contributed by atoms with van der Waals surface area (Å²) in [5.74, 6) is -0.691. The maximum atomic E-state index is 12.5. The number of carboxylic acids is 1. The number of hydrogen-bond acceptors (Lipinski definition) is 3. The SMILES string of the molecule is O=C(O)c1ccccc1CC(=O)N1CCC(COCc2ccccc2)C1. The van der Waals surface area contributed by atoms with Gasteiger partial charge in [0.1, 0.15) is 0 Å². The molecule has 26 heavy (non-hydrogen) atoms. The molecule has 5 heteroatoms. The summed E-state index contributed by atoms with van der Waals surface area (Å²) < 4.78 is 5.78. The number of aromatic carboxylic acids is 1. The van der Waals surface area contributed by atoms with Crippen molar-refractivity contribution in [2.24, 2.45) is 5.92 Å². The van der Waals surface area contributed by atoms with E-state index in [0.717, 1.165) is 12.0 Å². The quantitative estimate of drug-likeness (QED) is 0.831. The minimum absolute atomic E-state index is 0.0238. The van der Waals surface area contributed by atoms with Crippen LogP contribution < -0.4 is 0 Å². The van der Waals surface area contributed by atoms with Gasteiger partial charge in [0.25, 0.3) is 0 Å². The molecule has 136 valence electrons. The second-order valence-electron chi connectivity index (χ2n) is 6.63. The van der Waals surface area contributed by atoms with Crippen molar-refractivity contribution in [3.8, 4) is 0 Å². The van der Waals surface area contributed by atoms with Gasteiger partial charge in [-0.2, -0.15) is 0 Å². The van der Waals surface area contributed by atoms with Crippen LogP contribution in [0.1, 0.15) is 27.9 Å². The molecule has 0 spiro atoms. The van der Waals surface area contributed by atoms with Gasteiger partial charge in [-0.25, -0.2) is 4.79 Å². The van der Waals surface area contributed by atoms with Crippen LogP contribution in [0.4, 0.5) is 0 Å². The molecule has 0 radical (unpaired) electrons. The molecule has 1 saturated heterocycles. The molecule has 0 aliphatic carbocycles. The van der Waals surface area contributed by atoms with Crippen molar-refractivity contribution in [2.45, 2.75) is 19.4 Å². The summed E-state index contributed by atoms with van der Waals surface area (Å²) in [4.78, 5) is 25.6. The van der Waals surface area contributed by atoms with Gasteiger partial charge in [-0.3, -0.25) is 4.79 Å². The fourth-order valence-electron chi connectivity index (χ4n) is 3.27. The average molecular weight is 353 g/mol. The van der Waals surface area contributed by atoms with Gasteiger partial charge in [-0.1, -0.05) is 48.5 Å². The van der Waals surface area contributed by atoms with Crippen molar-refractivity contribution in [3.63, 3.8) is 0 Å². The van der Waals surface area contributed by atoms with Crippen LogP contribution in [-0.4, -0.2) is 41.6 Å². The highest BCUT2D eigenvalue weighted by molar-refractivity contribution is 5.91. The van der Waals surface area contributed by atoms with Crippen LogP contribution in [0.3, 0.4) is 0 Å². The highest BCUT2D eigenvalue weighted by Gasteiger charge is 2.27. The molecule has 2 aromatic rings. The van der Waals surface area contributed by atoms with E-state index in [1.165, 1.54) is 6.07 Å². The molecule has 0 aromatic heterocycles. The van der Waals surface area contributed by atoms with Crippen LogP contribution in [0.2, 0.25) is 0 Å². The predicted molar refractivity (Wildman–Crippen MR) is 97.9 cm³/mol. The number of benzene rings is 2. The van der Waals surface area contributed by atoms with Gasteiger partial charge in [0.15, 0.2) is 0 Å². The number of ether oxygens (including phenoxy) is 1. The van der Waals surface area contributed by atoms with Gasteiger partial charge in [-0.05, 0) is 23.6 Å². The number of amides is 1. The molecule has 1 fully saturated rings. The number of carbonyl (C=O) groups excluding carboxylic acids is 1. The van der Waals surface area contributed by atoms with Crippen LogP contribution >= 0.6 is 0 Å². The third-order valence-corrected chi connectivity index (χ3v) is 4.69. The molecule has 1 aliphatic heterocycles. The van der Waals surface area contributed by atoms with Crippen molar-refractivity contribution in [1.82, 2.24) is 4.90 Å². The fourth-order valence-corrected chi connectivity index (χ4v) is 3.27. The smallest absolute Gasteiger partial charge is 0.335 e. The summed E-state index contributed by atoms with van der Waals surface area (Å²) in [5.41, 5.74) is 1.90. The second kappa shape index (κ2) is 8.63. The van der Waals surface area contributed by atoms with Crippen molar-refractivity contribution < 1.29 is 19.4 Å². The van der Waals surface area contributed by atoms with Gasteiger partial charge in [0.05, 0.1) is 25.2 Å². The largest absolute Gasteiger partial charge is 0.478 e. The number of carboxylic acid groups (broad SMARTS) is 1. The first-order valence-electron chi connectivity index (χ1n) is 8.84. The Morgan fingerprint density at radius 2 is 1.81 bits per heavy atom. The molecule has 0 saturated carbocycles. The molecular formula is C21H23NO4. The first kappa shape index (κ1) is 18.1. The molecular weight excluding hydrogens is 330 g/mol. The number of nitrogens with zero attached hydrogens (tertiary/aromatic N) is 1. The number of likely N-dealkylation sites (tertiary alicyclic amines) is 1. The zero-order chi connectivity index (χ0) is 18.4. The minimum Gasteiger partial charge on any atom is -0.478 e. The normalized spacial score (nSPS) is 16.6. The van der Waals surface area contributed by atoms with Gasteiger partial charge < -0.3 is 14.7 Å². The number of carbonyl (C=O) groups is 2. The Kier molecular flexibility index (Phi) is 6.02. The molecule has 0 bridgehead atoms. The standard InChI is InChI=1S/C21H23NO4/c23-20(12-18-8-4-5-9-19(18)21(24)25)22-11-10-17(13-22)15-26-14-16-6-2-1-3-7-16/h1-9,17H,10-15H2,(H,24,25). The molecule has 3 rings (SSSR count). The molecule has 1 atom stereocenters. The topological polar surface area (TPSA) is 66.8 Å². The Morgan fingerprint density at radius 1 is 1.08 bits per heavy atom. The first-order chi connectivity index (χ1) is 12.6. The zero-order valence-electron chi connectivity index (χ0n) is 14.6. The van der Waals surface area contributed by atoms with E-state index in [9.17, 15) is 14.7 Å². The van der Waals surface area contributed by atoms with E-state index >= 15 is 0 Å². The monoisotopic (exact) mass is 353 g/mol. The summed E-state index contributed by atoms with van der Waals surface area (Å²) in [7, 11) is 0. The van der Waals surface area contributed by atoms with Crippen LogP contribution in [0, 0.1) is 5.92 Å².